The molecule has 2 rings (SSSR count). The fraction of sp³-hybridized carbons (Fsp3) is 0.636. The van der Waals surface area contributed by atoms with Crippen molar-refractivity contribution in [3.63, 3.8) is 0 Å². The highest BCUT2D eigenvalue weighted by Gasteiger charge is 2.30. The highest BCUT2D eigenvalue weighted by molar-refractivity contribution is 5.75. The number of amides is 1. The van der Waals surface area contributed by atoms with E-state index < -0.39 is 12.1 Å². The lowest BCUT2D eigenvalue weighted by atomic mass is 10.2. The van der Waals surface area contributed by atoms with Crippen LogP contribution in [0.1, 0.15) is 19.3 Å². The smallest absolute Gasteiger partial charge is 0.332 e. The van der Waals surface area contributed by atoms with Crippen molar-refractivity contribution in [1.82, 2.24) is 20.3 Å². The average Bonchev–Trinajstić information content (AvgIpc) is 3.05. The van der Waals surface area contributed by atoms with E-state index in [-0.39, 0.29) is 12.0 Å². The molecule has 1 aromatic heterocycles. The van der Waals surface area contributed by atoms with Crippen LogP contribution in [0.2, 0.25) is 0 Å². The minimum atomic E-state index is -0.944. The monoisotopic (exact) mass is 268 g/mol. The zero-order chi connectivity index (χ0) is 13.7. The van der Waals surface area contributed by atoms with Gasteiger partial charge in [0.2, 0.25) is 5.91 Å². The molecule has 1 fully saturated rings. The van der Waals surface area contributed by atoms with Gasteiger partial charge in [0.1, 0.15) is 0 Å². The Morgan fingerprint density at radius 3 is 2.95 bits per heavy atom. The van der Waals surface area contributed by atoms with Crippen molar-refractivity contribution >= 4 is 11.9 Å². The van der Waals surface area contributed by atoms with Crippen molar-refractivity contribution in [2.75, 3.05) is 6.54 Å². The maximum atomic E-state index is 11.6. The lowest BCUT2D eigenvalue weighted by Crippen LogP contribution is -2.33. The van der Waals surface area contributed by atoms with Gasteiger partial charge in [-0.2, -0.15) is 0 Å². The van der Waals surface area contributed by atoms with Crippen LogP contribution in [0.5, 0.6) is 0 Å². The maximum Gasteiger partial charge on any atom is 0.332 e. The fourth-order valence-corrected chi connectivity index (χ4v) is 1.92. The highest BCUT2D eigenvalue weighted by atomic mass is 16.5. The zero-order valence-electron chi connectivity index (χ0n) is 10.4. The van der Waals surface area contributed by atoms with Crippen LogP contribution in [0.15, 0.2) is 12.4 Å². The van der Waals surface area contributed by atoms with E-state index >= 15 is 0 Å². The number of hydrogen-bond acceptors (Lipinski definition) is 5. The quantitative estimate of drug-likeness (QED) is 0.714. The second-order valence-electron chi connectivity index (χ2n) is 4.38. The standard InChI is InChI=1S/C11H16N4O4/c16-10(3-5-15-6-4-13-14-15)12-7-8-1-2-9(19-8)11(17)18/h4,6,8-9H,1-3,5,7H2,(H,12,16)(H,17,18). The summed E-state index contributed by atoms with van der Waals surface area (Å²) >= 11 is 0. The van der Waals surface area contributed by atoms with Gasteiger partial charge in [-0.3, -0.25) is 9.48 Å². The van der Waals surface area contributed by atoms with E-state index in [1.165, 1.54) is 0 Å². The molecule has 1 aliphatic rings. The molecule has 104 valence electrons. The number of hydrogen-bond donors (Lipinski definition) is 2. The third kappa shape index (κ3) is 4.02. The number of aliphatic carboxylic acids is 1. The number of carboxylic acid groups (broad SMARTS) is 1. The van der Waals surface area contributed by atoms with E-state index in [1.54, 1.807) is 17.1 Å². The summed E-state index contributed by atoms with van der Waals surface area (Å²) in [6.45, 7) is 0.815. The SMILES string of the molecule is O=C(CCn1ccnn1)NCC1CCC(C(=O)O)O1. The van der Waals surface area contributed by atoms with Crippen molar-refractivity contribution in [3.05, 3.63) is 12.4 Å². The molecule has 0 bridgehead atoms. The maximum absolute atomic E-state index is 11.6. The molecule has 0 saturated carbocycles. The number of aromatic nitrogens is 3. The Labute approximate surface area is 109 Å². The Kier molecular flexibility index (Phi) is 4.45. The van der Waals surface area contributed by atoms with E-state index in [0.29, 0.717) is 32.4 Å². The summed E-state index contributed by atoms with van der Waals surface area (Å²) in [5, 5.41) is 18.9. The molecule has 1 amide bonds. The fourth-order valence-electron chi connectivity index (χ4n) is 1.92. The van der Waals surface area contributed by atoms with Crippen molar-refractivity contribution < 1.29 is 19.4 Å². The summed E-state index contributed by atoms with van der Waals surface area (Å²) in [6, 6.07) is 0. The normalized spacial score (nSPS) is 22.3. The molecule has 0 aliphatic carbocycles. The number of carbonyl (C=O) groups excluding carboxylic acids is 1. The minimum absolute atomic E-state index is 0.113. The lowest BCUT2D eigenvalue weighted by molar-refractivity contribution is -0.149. The zero-order valence-corrected chi connectivity index (χ0v) is 10.4. The van der Waals surface area contributed by atoms with Gasteiger partial charge in [0, 0.05) is 19.2 Å². The first-order chi connectivity index (χ1) is 9.15. The molecule has 0 spiro atoms. The Balaban J connectivity index is 1.63. The predicted molar refractivity (Wildman–Crippen MR) is 63.2 cm³/mol. The average molecular weight is 268 g/mol. The summed E-state index contributed by atoms with van der Waals surface area (Å²) in [7, 11) is 0. The van der Waals surface area contributed by atoms with Crippen LogP contribution in [0.3, 0.4) is 0 Å². The predicted octanol–water partition coefficient (Wildman–Crippen LogP) is -0.583. The van der Waals surface area contributed by atoms with Crippen LogP contribution in [0.25, 0.3) is 0 Å². The van der Waals surface area contributed by atoms with Gasteiger partial charge in [-0.15, -0.1) is 5.10 Å². The summed E-state index contributed by atoms with van der Waals surface area (Å²) in [6.07, 6.45) is 3.74. The topological polar surface area (TPSA) is 106 Å². The molecule has 0 aromatic carbocycles. The van der Waals surface area contributed by atoms with Crippen LogP contribution in [0.4, 0.5) is 0 Å². The van der Waals surface area contributed by atoms with E-state index in [0.717, 1.165) is 0 Å². The van der Waals surface area contributed by atoms with Crippen LogP contribution in [-0.4, -0.2) is 50.7 Å². The van der Waals surface area contributed by atoms with Crippen molar-refractivity contribution in [2.45, 2.75) is 38.0 Å². The molecule has 1 saturated heterocycles. The number of aryl methyl sites for hydroxylation is 1. The third-order valence-electron chi connectivity index (χ3n) is 2.95. The molecule has 2 N–H and O–H groups in total. The molecule has 2 atom stereocenters. The Morgan fingerprint density at radius 1 is 1.47 bits per heavy atom. The number of nitrogens with zero attached hydrogens (tertiary/aromatic N) is 3. The molecule has 0 radical (unpaired) electrons. The molecule has 2 unspecified atom stereocenters. The second-order valence-corrected chi connectivity index (χ2v) is 4.38. The first kappa shape index (κ1) is 13.5. The molecular formula is C11H16N4O4. The van der Waals surface area contributed by atoms with Gasteiger partial charge in [0.15, 0.2) is 6.10 Å². The Morgan fingerprint density at radius 2 is 2.32 bits per heavy atom. The van der Waals surface area contributed by atoms with E-state index in [4.69, 9.17) is 9.84 Å². The highest BCUT2D eigenvalue weighted by Crippen LogP contribution is 2.19. The summed E-state index contributed by atoms with van der Waals surface area (Å²) in [5.74, 6) is -1.06. The summed E-state index contributed by atoms with van der Waals surface area (Å²) < 4.78 is 6.86. The largest absolute Gasteiger partial charge is 0.479 e. The number of carbonyl (C=O) groups is 2. The van der Waals surface area contributed by atoms with Crippen LogP contribution in [0, 0.1) is 0 Å². The molecule has 8 nitrogen and oxygen atoms in total. The lowest BCUT2D eigenvalue weighted by Gasteiger charge is -2.12. The molecule has 8 heteroatoms. The van der Waals surface area contributed by atoms with E-state index in [1.807, 2.05) is 0 Å². The summed E-state index contributed by atoms with van der Waals surface area (Å²) in [4.78, 5) is 22.3. The molecule has 1 aromatic rings. The van der Waals surface area contributed by atoms with Gasteiger partial charge in [-0.05, 0) is 12.8 Å². The number of carboxylic acids is 1. The Hall–Kier alpha value is -1.96. The van der Waals surface area contributed by atoms with Gasteiger partial charge in [-0.25, -0.2) is 4.79 Å². The molecule has 1 aliphatic heterocycles. The van der Waals surface area contributed by atoms with Crippen molar-refractivity contribution in [1.29, 1.82) is 0 Å². The van der Waals surface area contributed by atoms with Gasteiger partial charge in [0.05, 0.1) is 18.8 Å². The van der Waals surface area contributed by atoms with Gasteiger partial charge < -0.3 is 15.2 Å². The van der Waals surface area contributed by atoms with Gasteiger partial charge in [-0.1, -0.05) is 5.21 Å². The van der Waals surface area contributed by atoms with Gasteiger partial charge in [0.25, 0.3) is 0 Å². The minimum Gasteiger partial charge on any atom is -0.479 e. The first-order valence-corrected chi connectivity index (χ1v) is 6.14. The van der Waals surface area contributed by atoms with Crippen LogP contribution in [-0.2, 0) is 20.9 Å². The summed E-state index contributed by atoms with van der Waals surface area (Å²) in [5.41, 5.74) is 0. The van der Waals surface area contributed by atoms with Crippen molar-refractivity contribution in [3.8, 4) is 0 Å². The van der Waals surface area contributed by atoms with Crippen molar-refractivity contribution in [2.24, 2.45) is 0 Å². The number of rotatable bonds is 6. The molecular weight excluding hydrogens is 252 g/mol. The van der Waals surface area contributed by atoms with E-state index in [9.17, 15) is 9.59 Å². The number of nitrogens with one attached hydrogen (secondary N) is 1. The molecule has 19 heavy (non-hydrogen) atoms. The second kappa shape index (κ2) is 6.28. The number of ether oxygens (including phenoxy) is 1. The van der Waals surface area contributed by atoms with Crippen LogP contribution < -0.4 is 5.32 Å². The first-order valence-electron chi connectivity index (χ1n) is 6.14. The van der Waals surface area contributed by atoms with Crippen LogP contribution >= 0.6 is 0 Å². The third-order valence-corrected chi connectivity index (χ3v) is 2.95. The van der Waals surface area contributed by atoms with Gasteiger partial charge >= 0.3 is 5.97 Å². The molecule has 2 heterocycles. The Bertz CT molecular complexity index is 434. The van der Waals surface area contributed by atoms with E-state index in [2.05, 4.69) is 15.6 Å².